The maximum absolute atomic E-state index is 12.9. The number of pyridine rings is 1. The molecule has 3 rings (SSSR count). The smallest absolute Gasteiger partial charge is 0.275 e. The van der Waals surface area contributed by atoms with Crippen molar-refractivity contribution in [3.05, 3.63) is 92.9 Å². The monoisotopic (exact) mass is 499 g/mol. The third-order valence-corrected chi connectivity index (χ3v) is 6.02. The number of hydrogen-bond acceptors (Lipinski definition) is 7. The fourth-order valence-electron chi connectivity index (χ4n) is 3.19. The van der Waals surface area contributed by atoms with Crippen LogP contribution in [0.4, 0.5) is 11.4 Å². The molecular weight excluding hydrogens is 474 g/mol. The van der Waals surface area contributed by atoms with Crippen molar-refractivity contribution in [2.24, 2.45) is 16.8 Å². The second-order valence-electron chi connectivity index (χ2n) is 7.38. The van der Waals surface area contributed by atoms with Crippen molar-refractivity contribution < 1.29 is 4.79 Å². The number of aromatic nitrogens is 1. The number of hydrazone groups is 1. The maximum atomic E-state index is 12.9. The Balaban J connectivity index is 1.65. The van der Waals surface area contributed by atoms with Gasteiger partial charge in [0.15, 0.2) is 0 Å². The van der Waals surface area contributed by atoms with E-state index in [0.717, 1.165) is 5.56 Å². The van der Waals surface area contributed by atoms with Gasteiger partial charge in [0.2, 0.25) is 5.91 Å². The summed E-state index contributed by atoms with van der Waals surface area (Å²) in [6, 6.07) is 18.5. The molecule has 2 aromatic carbocycles. The van der Waals surface area contributed by atoms with Crippen LogP contribution < -0.4 is 32.3 Å². The van der Waals surface area contributed by atoms with Gasteiger partial charge in [0.25, 0.3) is 5.56 Å². The SMILES string of the molecule is Cc1ccc(NSCc2ccccc2)c(=O)n1CC(=O)NCc1cc(Cl)ccc1N(N)/C=N\N. The van der Waals surface area contributed by atoms with Gasteiger partial charge in [0, 0.05) is 23.0 Å². The summed E-state index contributed by atoms with van der Waals surface area (Å²) in [5.41, 5.74) is 3.20. The van der Waals surface area contributed by atoms with E-state index in [1.54, 1.807) is 37.3 Å². The number of halogens is 1. The van der Waals surface area contributed by atoms with Gasteiger partial charge in [-0.25, -0.2) is 5.84 Å². The van der Waals surface area contributed by atoms with Crippen LogP contribution in [0.2, 0.25) is 5.02 Å². The molecule has 9 nitrogen and oxygen atoms in total. The van der Waals surface area contributed by atoms with Crippen molar-refractivity contribution in [2.75, 3.05) is 9.73 Å². The lowest BCUT2D eigenvalue weighted by Crippen LogP contribution is -2.35. The second-order valence-corrected chi connectivity index (χ2v) is 8.60. The van der Waals surface area contributed by atoms with Gasteiger partial charge in [-0.2, -0.15) is 5.10 Å². The van der Waals surface area contributed by atoms with Gasteiger partial charge in [-0.05, 0) is 60.3 Å². The summed E-state index contributed by atoms with van der Waals surface area (Å²) in [5.74, 6) is 11.4. The Morgan fingerprint density at radius 2 is 1.97 bits per heavy atom. The summed E-state index contributed by atoms with van der Waals surface area (Å²) in [5, 5.41) is 7.93. The maximum Gasteiger partial charge on any atom is 0.275 e. The number of nitrogens with one attached hydrogen (secondary N) is 2. The first-order valence-electron chi connectivity index (χ1n) is 10.3. The molecule has 0 aliphatic carbocycles. The molecule has 6 N–H and O–H groups in total. The van der Waals surface area contributed by atoms with Gasteiger partial charge in [-0.3, -0.25) is 14.6 Å². The fraction of sp³-hybridized carbons (Fsp3) is 0.174. The number of nitrogens with zero attached hydrogens (tertiary/aromatic N) is 3. The minimum Gasteiger partial charge on any atom is -0.350 e. The average Bonchev–Trinajstić information content (AvgIpc) is 2.82. The van der Waals surface area contributed by atoms with Crippen LogP contribution in [0.1, 0.15) is 16.8 Å². The highest BCUT2D eigenvalue weighted by molar-refractivity contribution is 7.99. The first kappa shape index (κ1) is 25.2. The highest BCUT2D eigenvalue weighted by Crippen LogP contribution is 2.22. The number of amides is 1. The largest absolute Gasteiger partial charge is 0.350 e. The number of hydrazine groups is 1. The number of benzene rings is 2. The van der Waals surface area contributed by atoms with Crippen LogP contribution in [0.25, 0.3) is 0 Å². The first-order valence-corrected chi connectivity index (χ1v) is 11.7. The lowest BCUT2D eigenvalue weighted by molar-refractivity contribution is -0.121. The minimum atomic E-state index is -0.332. The van der Waals surface area contributed by atoms with Gasteiger partial charge in [-0.15, -0.1) is 0 Å². The normalized spacial score (nSPS) is 10.9. The number of aryl methyl sites for hydroxylation is 1. The van der Waals surface area contributed by atoms with Gasteiger partial charge >= 0.3 is 0 Å². The third kappa shape index (κ3) is 6.77. The van der Waals surface area contributed by atoms with Crippen molar-refractivity contribution in [3.63, 3.8) is 0 Å². The summed E-state index contributed by atoms with van der Waals surface area (Å²) < 4.78 is 4.52. The van der Waals surface area contributed by atoms with Gasteiger partial charge in [-0.1, -0.05) is 41.9 Å². The molecule has 1 heterocycles. The number of hydrogen-bond donors (Lipinski definition) is 4. The zero-order chi connectivity index (χ0) is 24.5. The van der Waals surface area contributed by atoms with Gasteiger partial charge in [0.1, 0.15) is 18.6 Å². The van der Waals surface area contributed by atoms with Crippen molar-refractivity contribution in [1.29, 1.82) is 0 Å². The van der Waals surface area contributed by atoms with Crippen LogP contribution >= 0.6 is 23.5 Å². The first-order chi connectivity index (χ1) is 16.4. The average molecular weight is 500 g/mol. The highest BCUT2D eigenvalue weighted by Gasteiger charge is 2.13. The van der Waals surface area contributed by atoms with Crippen molar-refractivity contribution >= 4 is 47.2 Å². The van der Waals surface area contributed by atoms with Crippen LogP contribution in [-0.2, 0) is 23.6 Å². The number of anilines is 2. The Morgan fingerprint density at radius 1 is 1.21 bits per heavy atom. The van der Waals surface area contributed by atoms with Crippen LogP contribution in [-0.4, -0.2) is 16.8 Å². The lowest BCUT2D eigenvalue weighted by atomic mass is 10.1. The van der Waals surface area contributed by atoms with E-state index in [1.807, 2.05) is 30.3 Å². The molecule has 3 aromatic rings. The highest BCUT2D eigenvalue weighted by atomic mass is 35.5. The molecule has 0 atom stereocenters. The molecule has 0 unspecified atom stereocenters. The van der Waals surface area contributed by atoms with E-state index < -0.39 is 0 Å². The fourth-order valence-corrected chi connectivity index (χ4v) is 4.13. The predicted molar refractivity (Wildman–Crippen MR) is 139 cm³/mol. The molecule has 0 fully saturated rings. The summed E-state index contributed by atoms with van der Waals surface area (Å²) in [4.78, 5) is 25.6. The Hall–Kier alpha value is -3.47. The molecule has 0 bridgehead atoms. The third-order valence-electron chi connectivity index (χ3n) is 4.94. The molecule has 34 heavy (non-hydrogen) atoms. The topological polar surface area (TPSA) is 131 Å². The molecule has 0 aliphatic rings. The number of carbonyl (C=O) groups excluding carboxylic acids is 1. The Kier molecular flexibility index (Phi) is 8.97. The van der Waals surface area contributed by atoms with E-state index in [9.17, 15) is 9.59 Å². The summed E-state index contributed by atoms with van der Waals surface area (Å²) in [6.07, 6.45) is 1.24. The molecular formula is C23H26ClN7O2S. The van der Waals surface area contributed by atoms with Crippen LogP contribution in [0, 0.1) is 6.92 Å². The van der Waals surface area contributed by atoms with E-state index >= 15 is 0 Å². The molecule has 0 radical (unpaired) electrons. The van der Waals surface area contributed by atoms with Gasteiger partial charge < -0.3 is 20.4 Å². The molecule has 1 aromatic heterocycles. The van der Waals surface area contributed by atoms with Gasteiger partial charge in [0.05, 0.1) is 5.69 Å². The quantitative estimate of drug-likeness (QED) is 0.111. The van der Waals surface area contributed by atoms with Crippen molar-refractivity contribution in [3.8, 4) is 0 Å². The number of nitrogens with two attached hydrogens (primary N) is 2. The van der Waals surface area contributed by atoms with Crippen molar-refractivity contribution in [1.82, 2.24) is 9.88 Å². The Labute approximate surface area is 206 Å². The standard InChI is InChI=1S/C23H26ClN7O2S/c1-16-7-9-20(29-34-14-17-5-3-2-4-6-17)23(33)30(16)13-22(32)27-12-18-11-19(24)8-10-21(18)31(26)15-28-25/h2-11,15,29H,12-14,25-26H2,1H3,(H,27,32)/b28-15-. The van der Waals surface area contributed by atoms with E-state index in [1.165, 1.54) is 27.9 Å². The van der Waals surface area contributed by atoms with Crippen LogP contribution in [0.15, 0.2) is 70.6 Å². The molecule has 178 valence electrons. The van der Waals surface area contributed by atoms with E-state index in [-0.39, 0.29) is 24.6 Å². The van der Waals surface area contributed by atoms with E-state index in [0.29, 0.717) is 33.4 Å². The second kappa shape index (κ2) is 12.1. The summed E-state index contributed by atoms with van der Waals surface area (Å²) in [6.45, 7) is 1.80. The van der Waals surface area contributed by atoms with E-state index in [2.05, 4.69) is 15.1 Å². The molecule has 0 saturated heterocycles. The molecule has 0 saturated carbocycles. The summed E-state index contributed by atoms with van der Waals surface area (Å²) in [7, 11) is 0. The van der Waals surface area contributed by atoms with E-state index in [4.69, 9.17) is 23.3 Å². The zero-order valence-electron chi connectivity index (χ0n) is 18.6. The molecule has 0 spiro atoms. The van der Waals surface area contributed by atoms with Crippen molar-refractivity contribution in [2.45, 2.75) is 25.8 Å². The number of carbonyl (C=O) groups is 1. The summed E-state index contributed by atoms with van der Waals surface area (Å²) >= 11 is 7.51. The molecule has 0 aliphatic heterocycles. The number of rotatable bonds is 10. The Bertz CT molecular complexity index is 1220. The minimum absolute atomic E-state index is 0.129. The van der Waals surface area contributed by atoms with Crippen LogP contribution in [0.5, 0.6) is 0 Å². The zero-order valence-corrected chi connectivity index (χ0v) is 20.1. The Morgan fingerprint density at radius 3 is 2.71 bits per heavy atom. The lowest BCUT2D eigenvalue weighted by Gasteiger charge is -2.18. The molecule has 11 heteroatoms. The van der Waals surface area contributed by atoms with Crippen LogP contribution in [0.3, 0.4) is 0 Å². The predicted octanol–water partition coefficient (Wildman–Crippen LogP) is 2.97. The molecule has 1 amide bonds.